The molecule has 1 aliphatic heterocycles. The van der Waals surface area contributed by atoms with E-state index < -0.39 is 0 Å². The monoisotopic (exact) mass is 478 g/mol. The molecule has 4 heteroatoms. The van der Waals surface area contributed by atoms with Gasteiger partial charge in [0.25, 0.3) is 5.78 Å². The van der Waals surface area contributed by atoms with Gasteiger partial charge in [-0.1, -0.05) is 56.8 Å². The van der Waals surface area contributed by atoms with E-state index in [1.165, 1.54) is 53.7 Å². The van der Waals surface area contributed by atoms with Gasteiger partial charge in [-0.3, -0.25) is 0 Å². The first-order valence-corrected chi connectivity index (χ1v) is 13.0. The number of hydrogen-bond acceptors (Lipinski definition) is 3. The van der Waals surface area contributed by atoms with Crippen molar-refractivity contribution in [2.45, 2.75) is 50.8 Å². The van der Waals surface area contributed by atoms with Gasteiger partial charge < -0.3 is 8.83 Å². The summed E-state index contributed by atoms with van der Waals surface area (Å²) in [7, 11) is 2.16. The SMILES string of the molecule is Cc1cc2c(o1)oc1c3c4c([n+](C)ccc4cc12)-c1c(c(CC(C)(C)C)c2ccccc2c1C)S3. The number of aromatic nitrogens is 1. The molecule has 1 aliphatic rings. The van der Waals surface area contributed by atoms with Gasteiger partial charge in [-0.25, -0.2) is 4.57 Å². The number of pyridine rings is 1. The molecular formula is C31H28NO2S+. The molecule has 0 radical (unpaired) electrons. The Morgan fingerprint density at radius 3 is 2.43 bits per heavy atom. The van der Waals surface area contributed by atoms with Crippen molar-refractivity contribution in [3.8, 4) is 11.3 Å². The van der Waals surface area contributed by atoms with Crippen LogP contribution in [-0.4, -0.2) is 0 Å². The lowest BCUT2D eigenvalue weighted by Crippen LogP contribution is -2.32. The van der Waals surface area contributed by atoms with Crippen LogP contribution in [0, 0.1) is 19.3 Å². The van der Waals surface area contributed by atoms with E-state index in [9.17, 15) is 0 Å². The summed E-state index contributed by atoms with van der Waals surface area (Å²) in [6.45, 7) is 11.3. The number of rotatable bonds is 1. The third kappa shape index (κ3) is 2.89. The highest BCUT2D eigenvalue weighted by Crippen LogP contribution is 2.55. The van der Waals surface area contributed by atoms with E-state index in [2.05, 4.69) is 88.0 Å². The molecular weight excluding hydrogens is 450 g/mol. The lowest BCUT2D eigenvalue weighted by molar-refractivity contribution is -0.659. The van der Waals surface area contributed by atoms with Gasteiger partial charge in [0, 0.05) is 16.3 Å². The summed E-state index contributed by atoms with van der Waals surface area (Å²) in [5.74, 6) is 1.49. The largest absolute Gasteiger partial charge is 0.430 e. The minimum absolute atomic E-state index is 0.162. The molecule has 174 valence electrons. The van der Waals surface area contributed by atoms with Gasteiger partial charge in [0.2, 0.25) is 5.69 Å². The van der Waals surface area contributed by atoms with Crippen molar-refractivity contribution in [2.24, 2.45) is 12.5 Å². The average molecular weight is 479 g/mol. The molecule has 0 saturated heterocycles. The van der Waals surface area contributed by atoms with Crippen molar-refractivity contribution < 1.29 is 13.4 Å². The van der Waals surface area contributed by atoms with Crippen LogP contribution in [-0.2, 0) is 13.5 Å². The molecule has 35 heavy (non-hydrogen) atoms. The Balaban J connectivity index is 1.68. The van der Waals surface area contributed by atoms with E-state index in [1.807, 2.05) is 18.7 Å². The number of nitrogens with zero attached hydrogens (tertiary/aromatic N) is 1. The van der Waals surface area contributed by atoms with E-state index in [0.29, 0.717) is 5.78 Å². The number of benzene rings is 3. The van der Waals surface area contributed by atoms with Crippen molar-refractivity contribution in [2.75, 3.05) is 0 Å². The summed E-state index contributed by atoms with van der Waals surface area (Å²) >= 11 is 1.88. The van der Waals surface area contributed by atoms with Crippen LogP contribution in [0.25, 0.3) is 54.9 Å². The first-order valence-electron chi connectivity index (χ1n) is 12.2. The molecule has 0 fully saturated rings. The Bertz CT molecular complexity index is 1860. The van der Waals surface area contributed by atoms with Gasteiger partial charge >= 0.3 is 0 Å². The second kappa shape index (κ2) is 6.92. The average Bonchev–Trinajstić information content (AvgIpc) is 3.34. The highest BCUT2D eigenvalue weighted by Gasteiger charge is 2.35. The Kier molecular flexibility index (Phi) is 4.16. The zero-order chi connectivity index (χ0) is 24.2. The molecule has 3 aromatic carbocycles. The van der Waals surface area contributed by atoms with Crippen LogP contribution in [0.15, 0.2) is 67.3 Å². The maximum Gasteiger partial charge on any atom is 0.298 e. The van der Waals surface area contributed by atoms with Crippen LogP contribution in [0.3, 0.4) is 0 Å². The van der Waals surface area contributed by atoms with Crippen LogP contribution in [0.5, 0.6) is 0 Å². The minimum Gasteiger partial charge on any atom is -0.430 e. The quantitative estimate of drug-likeness (QED) is 0.221. The first kappa shape index (κ1) is 21.1. The predicted molar refractivity (Wildman–Crippen MR) is 144 cm³/mol. The molecule has 3 aromatic heterocycles. The zero-order valence-corrected chi connectivity index (χ0v) is 21.8. The van der Waals surface area contributed by atoms with E-state index in [1.54, 1.807) is 0 Å². The summed E-state index contributed by atoms with van der Waals surface area (Å²) in [5, 5.41) is 7.41. The fraction of sp³-hybridized carbons (Fsp3) is 0.258. The van der Waals surface area contributed by atoms with Crippen molar-refractivity contribution in [3.05, 3.63) is 65.5 Å². The molecule has 7 rings (SSSR count). The fourth-order valence-electron chi connectivity index (χ4n) is 5.89. The fourth-order valence-corrected chi connectivity index (χ4v) is 7.31. The molecule has 0 spiro atoms. The second-order valence-corrected chi connectivity index (χ2v) is 12.2. The van der Waals surface area contributed by atoms with Crippen molar-refractivity contribution in [1.29, 1.82) is 0 Å². The zero-order valence-electron chi connectivity index (χ0n) is 21.0. The lowest BCUT2D eigenvalue weighted by Gasteiger charge is -2.27. The van der Waals surface area contributed by atoms with E-state index in [0.717, 1.165) is 28.5 Å². The van der Waals surface area contributed by atoms with E-state index >= 15 is 0 Å². The van der Waals surface area contributed by atoms with Gasteiger partial charge in [0.15, 0.2) is 11.8 Å². The Morgan fingerprint density at radius 1 is 0.886 bits per heavy atom. The van der Waals surface area contributed by atoms with Crippen LogP contribution in [0.1, 0.15) is 37.7 Å². The number of furan rings is 2. The van der Waals surface area contributed by atoms with Gasteiger partial charge in [-0.05, 0) is 65.1 Å². The molecule has 0 saturated carbocycles. The maximum atomic E-state index is 6.41. The van der Waals surface area contributed by atoms with Gasteiger partial charge in [-0.15, -0.1) is 0 Å². The number of aryl methyl sites for hydroxylation is 3. The normalized spacial score (nSPS) is 13.4. The molecule has 4 heterocycles. The van der Waals surface area contributed by atoms with Crippen molar-refractivity contribution in [3.63, 3.8) is 0 Å². The summed E-state index contributed by atoms with van der Waals surface area (Å²) in [6.07, 6.45) is 3.21. The summed E-state index contributed by atoms with van der Waals surface area (Å²) in [4.78, 5) is 2.56. The maximum absolute atomic E-state index is 6.41. The Labute approximate surface area is 208 Å². The van der Waals surface area contributed by atoms with E-state index in [4.69, 9.17) is 8.83 Å². The van der Waals surface area contributed by atoms with Crippen molar-refractivity contribution >= 4 is 55.4 Å². The molecule has 0 bridgehead atoms. The van der Waals surface area contributed by atoms with Gasteiger partial charge in [0.05, 0.1) is 21.2 Å². The standard InChI is InChI=1S/C31H28NO2S/c1-16-13-22-21-14-18-11-12-32(6)26-24-17(2)19-9-7-8-10-20(19)23(15-31(3,4)5)28(24)35-29(25(18)26)27(21)34-30(22)33-16/h7-14H,15H2,1-6H3/q+1. The van der Waals surface area contributed by atoms with Crippen LogP contribution in [0.2, 0.25) is 0 Å². The highest BCUT2D eigenvalue weighted by atomic mass is 32.2. The van der Waals surface area contributed by atoms with Crippen LogP contribution in [0.4, 0.5) is 0 Å². The number of hydrogen-bond donors (Lipinski definition) is 0. The van der Waals surface area contributed by atoms with Crippen molar-refractivity contribution in [1.82, 2.24) is 0 Å². The first-order chi connectivity index (χ1) is 16.7. The van der Waals surface area contributed by atoms with Crippen LogP contribution >= 0.6 is 11.8 Å². The third-order valence-corrected chi connectivity index (χ3v) is 8.57. The van der Waals surface area contributed by atoms with Gasteiger partial charge in [-0.2, -0.15) is 0 Å². The molecule has 0 atom stereocenters. The van der Waals surface area contributed by atoms with Gasteiger partial charge in [0.1, 0.15) is 12.8 Å². The topological polar surface area (TPSA) is 30.2 Å². The molecule has 0 aliphatic carbocycles. The summed E-state index contributed by atoms with van der Waals surface area (Å²) in [6, 6.07) is 15.5. The van der Waals surface area contributed by atoms with Crippen LogP contribution < -0.4 is 4.57 Å². The Hall–Kier alpha value is -3.24. The Morgan fingerprint density at radius 2 is 1.66 bits per heavy atom. The highest BCUT2D eigenvalue weighted by molar-refractivity contribution is 8.00. The third-order valence-electron chi connectivity index (χ3n) is 7.32. The second-order valence-electron chi connectivity index (χ2n) is 11.2. The predicted octanol–water partition coefficient (Wildman–Crippen LogP) is 8.65. The lowest BCUT2D eigenvalue weighted by atomic mass is 9.83. The summed E-state index contributed by atoms with van der Waals surface area (Å²) < 4.78 is 14.6. The molecule has 0 amide bonds. The molecule has 0 unspecified atom stereocenters. The molecule has 3 nitrogen and oxygen atoms in total. The molecule has 0 N–H and O–H groups in total. The number of fused-ring (bicyclic) bond motifs is 7. The summed E-state index contributed by atoms with van der Waals surface area (Å²) in [5.41, 5.74) is 6.51. The van der Waals surface area contributed by atoms with E-state index in [-0.39, 0.29) is 5.41 Å². The smallest absolute Gasteiger partial charge is 0.298 e. The molecule has 6 aromatic rings. The minimum atomic E-state index is 0.162.